The second-order valence-corrected chi connectivity index (χ2v) is 6.27. The number of sulfonamides is 1. The Hall–Kier alpha value is -1.15. The van der Waals surface area contributed by atoms with Gasteiger partial charge in [0.2, 0.25) is 10.0 Å². The molecule has 16 heavy (non-hydrogen) atoms. The second-order valence-electron chi connectivity index (χ2n) is 2.96. The summed E-state index contributed by atoms with van der Waals surface area (Å²) < 4.78 is 23.8. The van der Waals surface area contributed by atoms with E-state index in [1.807, 2.05) is 0 Å². The quantitative estimate of drug-likeness (QED) is 0.482. The maximum atomic E-state index is 11.5. The van der Waals surface area contributed by atoms with Gasteiger partial charge in [-0.1, -0.05) is 15.9 Å². The third kappa shape index (κ3) is 2.70. The number of nitrogens with zero attached hydrogens (tertiary/aromatic N) is 2. The summed E-state index contributed by atoms with van der Waals surface area (Å²) in [6, 6.07) is 5.29. The van der Waals surface area contributed by atoms with E-state index in [2.05, 4.69) is 15.9 Å². The molecule has 0 bridgehead atoms. The van der Waals surface area contributed by atoms with Gasteiger partial charge in [0.05, 0.1) is 10.6 Å². The van der Waals surface area contributed by atoms with Crippen LogP contribution in [-0.4, -0.2) is 25.1 Å². The fourth-order valence-electron chi connectivity index (χ4n) is 1.02. The van der Waals surface area contributed by atoms with Gasteiger partial charge in [-0.25, -0.2) is 8.42 Å². The Morgan fingerprint density at radius 3 is 2.25 bits per heavy atom. The summed E-state index contributed by atoms with van der Waals surface area (Å²) in [6.45, 7) is 0. The molecule has 1 aromatic carbocycles. The summed E-state index contributed by atoms with van der Waals surface area (Å²) in [5.41, 5.74) is 0.304. The molecule has 0 aliphatic heterocycles. The highest BCUT2D eigenvalue weighted by Crippen LogP contribution is 2.21. The van der Waals surface area contributed by atoms with Crippen molar-refractivity contribution in [3.63, 3.8) is 0 Å². The molecule has 1 rings (SSSR count). The predicted octanol–water partition coefficient (Wildman–Crippen LogP) is 1.71. The number of nitro benzene ring substituents is 1. The maximum Gasteiger partial charge on any atom is 0.269 e. The van der Waals surface area contributed by atoms with Gasteiger partial charge in [-0.05, 0) is 12.1 Å². The lowest BCUT2D eigenvalue weighted by atomic mass is 10.3. The van der Waals surface area contributed by atoms with E-state index in [0.29, 0.717) is 5.69 Å². The van der Waals surface area contributed by atoms with Crippen LogP contribution in [0, 0.1) is 10.1 Å². The molecule has 0 N–H and O–H groups in total. The van der Waals surface area contributed by atoms with Crippen molar-refractivity contribution in [2.24, 2.45) is 0 Å². The lowest BCUT2D eigenvalue weighted by Crippen LogP contribution is -2.26. The van der Waals surface area contributed by atoms with E-state index < -0.39 is 14.9 Å². The molecule has 0 aliphatic rings. The average molecular weight is 309 g/mol. The molecule has 0 saturated heterocycles. The largest absolute Gasteiger partial charge is 0.273 e. The second kappa shape index (κ2) is 4.79. The first kappa shape index (κ1) is 12.9. The van der Waals surface area contributed by atoms with Crippen molar-refractivity contribution in [3.8, 4) is 0 Å². The maximum absolute atomic E-state index is 11.5. The van der Waals surface area contributed by atoms with Crippen LogP contribution in [-0.2, 0) is 10.0 Å². The molecule has 0 atom stereocenters. The molecular weight excluding hydrogens is 300 g/mol. The number of rotatable bonds is 4. The average Bonchev–Trinajstić information content (AvgIpc) is 2.28. The van der Waals surface area contributed by atoms with E-state index in [9.17, 15) is 18.5 Å². The van der Waals surface area contributed by atoms with E-state index in [1.165, 1.54) is 31.3 Å². The first-order valence-corrected chi connectivity index (χ1v) is 6.88. The predicted molar refractivity (Wildman–Crippen MR) is 64.2 cm³/mol. The van der Waals surface area contributed by atoms with Crippen molar-refractivity contribution < 1.29 is 13.3 Å². The fraction of sp³-hybridized carbons (Fsp3) is 0.250. The Kier molecular flexibility index (Phi) is 3.87. The molecule has 0 amide bonds. The van der Waals surface area contributed by atoms with Crippen LogP contribution in [0.3, 0.4) is 0 Å². The molecule has 0 unspecified atom stereocenters. The standard InChI is InChI=1S/C8H9BrN2O4S/c1-10(16(14,15)6-9)7-2-4-8(5-3-7)11(12)13/h2-5H,6H2,1H3. The van der Waals surface area contributed by atoms with Crippen molar-refractivity contribution in [2.45, 2.75) is 0 Å². The minimum atomic E-state index is -3.40. The fourth-order valence-corrected chi connectivity index (χ4v) is 2.53. The Balaban J connectivity index is 3.03. The first-order chi connectivity index (χ1) is 7.38. The van der Waals surface area contributed by atoms with Crippen molar-refractivity contribution in [1.29, 1.82) is 0 Å². The number of alkyl halides is 1. The number of nitro groups is 1. The smallest absolute Gasteiger partial charge is 0.269 e. The van der Waals surface area contributed by atoms with Gasteiger partial charge >= 0.3 is 0 Å². The van der Waals surface area contributed by atoms with Crippen LogP contribution in [0.4, 0.5) is 11.4 Å². The summed E-state index contributed by atoms with van der Waals surface area (Å²) in [6.07, 6.45) is 0. The number of non-ortho nitro benzene ring substituents is 1. The highest BCUT2D eigenvalue weighted by Gasteiger charge is 2.17. The Labute approximate surface area is 101 Å². The molecule has 8 heteroatoms. The van der Waals surface area contributed by atoms with Crippen molar-refractivity contribution in [3.05, 3.63) is 34.4 Å². The van der Waals surface area contributed by atoms with Gasteiger partial charge in [-0.3, -0.25) is 14.4 Å². The molecule has 0 radical (unpaired) electrons. The number of anilines is 1. The molecule has 0 saturated carbocycles. The molecular formula is C8H9BrN2O4S. The summed E-state index contributed by atoms with van der Waals surface area (Å²) >= 11 is 2.87. The number of benzene rings is 1. The zero-order valence-corrected chi connectivity index (χ0v) is 10.7. The lowest BCUT2D eigenvalue weighted by molar-refractivity contribution is -0.384. The highest BCUT2D eigenvalue weighted by molar-refractivity contribution is 9.10. The van der Waals surface area contributed by atoms with E-state index in [1.54, 1.807) is 0 Å². The van der Waals surface area contributed by atoms with Gasteiger partial charge in [-0.15, -0.1) is 0 Å². The number of hydrogen-bond acceptors (Lipinski definition) is 4. The van der Waals surface area contributed by atoms with E-state index in [4.69, 9.17) is 0 Å². The highest BCUT2D eigenvalue weighted by atomic mass is 79.9. The zero-order valence-electron chi connectivity index (χ0n) is 8.33. The summed E-state index contributed by atoms with van der Waals surface area (Å²) in [5.74, 6) is 0. The van der Waals surface area contributed by atoms with Crippen LogP contribution in [0.2, 0.25) is 0 Å². The number of halogens is 1. The monoisotopic (exact) mass is 308 g/mol. The first-order valence-electron chi connectivity index (χ1n) is 4.15. The molecule has 0 fully saturated rings. The summed E-state index contributed by atoms with van der Waals surface area (Å²) in [7, 11) is -2.02. The number of hydrogen-bond donors (Lipinski definition) is 0. The molecule has 1 aromatic rings. The van der Waals surface area contributed by atoms with Crippen LogP contribution in [0.1, 0.15) is 0 Å². The summed E-state index contributed by atoms with van der Waals surface area (Å²) in [4.78, 5) is 9.86. The van der Waals surface area contributed by atoms with E-state index >= 15 is 0 Å². The lowest BCUT2D eigenvalue weighted by Gasteiger charge is -2.17. The Morgan fingerprint density at radius 2 is 1.88 bits per heavy atom. The Bertz CT molecular complexity index is 485. The molecule has 6 nitrogen and oxygen atoms in total. The van der Waals surface area contributed by atoms with Crippen LogP contribution in [0.15, 0.2) is 24.3 Å². The molecule has 0 spiro atoms. The topological polar surface area (TPSA) is 80.5 Å². The van der Waals surface area contributed by atoms with Crippen molar-refractivity contribution in [1.82, 2.24) is 0 Å². The van der Waals surface area contributed by atoms with E-state index in [-0.39, 0.29) is 10.3 Å². The van der Waals surface area contributed by atoms with Gasteiger partial charge in [0, 0.05) is 19.2 Å². The van der Waals surface area contributed by atoms with Gasteiger partial charge in [0.15, 0.2) is 0 Å². The molecule has 88 valence electrons. The van der Waals surface area contributed by atoms with Gasteiger partial charge in [0.1, 0.15) is 4.66 Å². The molecule has 0 heterocycles. The molecule has 0 aromatic heterocycles. The normalized spacial score (nSPS) is 11.1. The third-order valence-electron chi connectivity index (χ3n) is 1.98. The minimum Gasteiger partial charge on any atom is -0.273 e. The van der Waals surface area contributed by atoms with Crippen molar-refractivity contribution >= 4 is 37.3 Å². The minimum absolute atomic E-state index is 0.0756. The molecule has 0 aliphatic carbocycles. The van der Waals surface area contributed by atoms with Crippen LogP contribution in [0.25, 0.3) is 0 Å². The van der Waals surface area contributed by atoms with Crippen molar-refractivity contribution in [2.75, 3.05) is 16.0 Å². The SMILES string of the molecule is CN(c1ccc([N+](=O)[O-])cc1)S(=O)(=O)CBr. The van der Waals surface area contributed by atoms with Crippen LogP contribution >= 0.6 is 15.9 Å². The van der Waals surface area contributed by atoms with Crippen LogP contribution in [0.5, 0.6) is 0 Å². The van der Waals surface area contributed by atoms with Crippen LogP contribution < -0.4 is 4.31 Å². The zero-order chi connectivity index (χ0) is 12.3. The third-order valence-corrected chi connectivity index (χ3v) is 5.04. The van der Waals surface area contributed by atoms with Gasteiger partial charge in [0.25, 0.3) is 5.69 Å². The summed E-state index contributed by atoms with van der Waals surface area (Å²) in [5, 5.41) is 10.4. The van der Waals surface area contributed by atoms with E-state index in [0.717, 1.165) is 4.31 Å². The van der Waals surface area contributed by atoms with Gasteiger partial charge < -0.3 is 0 Å². The Morgan fingerprint density at radius 1 is 1.38 bits per heavy atom. The van der Waals surface area contributed by atoms with Gasteiger partial charge in [-0.2, -0.15) is 0 Å².